The van der Waals surface area contributed by atoms with Crippen LogP contribution in [0, 0.1) is 0 Å². The minimum absolute atomic E-state index is 0.263. The van der Waals surface area contributed by atoms with E-state index >= 15 is 0 Å². The topological polar surface area (TPSA) is 84.9 Å². The first kappa shape index (κ1) is 19.6. The molecule has 0 saturated heterocycles. The molecule has 146 valence electrons. The van der Waals surface area contributed by atoms with Crippen LogP contribution in [0.3, 0.4) is 0 Å². The molecule has 0 aromatic heterocycles. The molecule has 0 radical (unpaired) electrons. The van der Waals surface area contributed by atoms with Crippen molar-refractivity contribution in [3.8, 4) is 5.75 Å². The van der Waals surface area contributed by atoms with Gasteiger partial charge in [-0.05, 0) is 42.3 Å². The van der Waals surface area contributed by atoms with Crippen molar-refractivity contribution >= 4 is 17.7 Å². The monoisotopic (exact) mass is 382 g/mol. The average molecular weight is 382 g/mol. The van der Waals surface area contributed by atoms with Crippen LogP contribution < -0.4 is 10.1 Å². The molecule has 0 bridgehead atoms. The Balaban J connectivity index is 1.67. The third-order valence-electron chi connectivity index (χ3n) is 4.58. The predicted molar refractivity (Wildman–Crippen MR) is 102 cm³/mol. The van der Waals surface area contributed by atoms with E-state index in [1.165, 1.54) is 17.0 Å². The number of nitrogens with zero attached hydrogens (tertiary/aromatic N) is 1. The molecule has 0 unspecified atom stereocenters. The highest BCUT2D eigenvalue weighted by Crippen LogP contribution is 2.24. The number of ether oxygens (including phenoxy) is 2. The fourth-order valence-electron chi connectivity index (χ4n) is 3.03. The molecule has 1 aliphatic heterocycles. The predicted octanol–water partition coefficient (Wildman–Crippen LogP) is 2.26. The van der Waals surface area contributed by atoms with Crippen LogP contribution >= 0.6 is 0 Å². The molecule has 3 rings (SSSR count). The maximum atomic E-state index is 12.5. The van der Waals surface area contributed by atoms with Crippen molar-refractivity contribution in [2.75, 3.05) is 27.4 Å². The van der Waals surface area contributed by atoms with Crippen molar-refractivity contribution in [3.63, 3.8) is 0 Å². The summed E-state index contributed by atoms with van der Waals surface area (Å²) in [5.74, 6) is -0.272. The van der Waals surface area contributed by atoms with Gasteiger partial charge in [-0.2, -0.15) is 0 Å². The summed E-state index contributed by atoms with van der Waals surface area (Å²) in [5, 5.41) is 2.82. The van der Waals surface area contributed by atoms with Crippen LogP contribution in [-0.4, -0.2) is 50.0 Å². The normalized spacial score (nSPS) is 12.9. The number of amides is 3. The lowest BCUT2D eigenvalue weighted by molar-refractivity contribution is 0.0638. The number of hydrogen-bond donors (Lipinski definition) is 1. The summed E-state index contributed by atoms with van der Waals surface area (Å²) in [6, 6.07) is 11.9. The molecule has 2 aromatic carbocycles. The number of imide groups is 1. The summed E-state index contributed by atoms with van der Waals surface area (Å²) < 4.78 is 10.1. The molecule has 3 amide bonds. The van der Waals surface area contributed by atoms with Crippen LogP contribution in [0.1, 0.15) is 43.1 Å². The van der Waals surface area contributed by atoms with Crippen LogP contribution in [0.5, 0.6) is 5.75 Å². The van der Waals surface area contributed by atoms with Crippen LogP contribution in [0.4, 0.5) is 0 Å². The number of benzene rings is 2. The molecule has 0 aliphatic carbocycles. The molecule has 7 nitrogen and oxygen atoms in total. The number of carbonyl (C=O) groups is 3. The Kier molecular flexibility index (Phi) is 6.06. The van der Waals surface area contributed by atoms with Crippen LogP contribution in [0.25, 0.3) is 0 Å². The summed E-state index contributed by atoms with van der Waals surface area (Å²) in [5.41, 5.74) is 1.85. The first-order chi connectivity index (χ1) is 13.5. The Bertz CT molecular complexity index is 892. The number of fused-ring (bicyclic) bond motifs is 1. The van der Waals surface area contributed by atoms with Gasteiger partial charge in [0.05, 0.1) is 18.2 Å². The molecule has 0 atom stereocenters. The molecule has 1 heterocycles. The van der Waals surface area contributed by atoms with Gasteiger partial charge in [0.2, 0.25) is 0 Å². The van der Waals surface area contributed by atoms with E-state index in [0.717, 1.165) is 11.3 Å². The van der Waals surface area contributed by atoms with Gasteiger partial charge in [-0.15, -0.1) is 0 Å². The molecular formula is C21H22N2O5. The van der Waals surface area contributed by atoms with Gasteiger partial charge < -0.3 is 14.8 Å². The minimum atomic E-state index is -0.374. The zero-order chi connectivity index (χ0) is 20.1. The molecule has 7 heteroatoms. The van der Waals surface area contributed by atoms with E-state index in [2.05, 4.69) is 5.32 Å². The second-order valence-electron chi connectivity index (χ2n) is 6.40. The van der Waals surface area contributed by atoms with Crippen molar-refractivity contribution in [2.45, 2.75) is 13.0 Å². The first-order valence-corrected chi connectivity index (χ1v) is 8.95. The summed E-state index contributed by atoms with van der Waals surface area (Å²) >= 11 is 0. The Labute approximate surface area is 163 Å². The summed E-state index contributed by atoms with van der Waals surface area (Å²) in [7, 11) is 3.16. The highest BCUT2D eigenvalue weighted by molar-refractivity contribution is 6.22. The van der Waals surface area contributed by atoms with Crippen molar-refractivity contribution in [1.29, 1.82) is 0 Å². The van der Waals surface area contributed by atoms with Crippen molar-refractivity contribution in [2.24, 2.45) is 0 Å². The molecule has 1 N–H and O–H groups in total. The fourth-order valence-corrected chi connectivity index (χ4v) is 3.03. The lowest BCUT2D eigenvalue weighted by Crippen LogP contribution is -2.31. The van der Waals surface area contributed by atoms with Gasteiger partial charge in [0.25, 0.3) is 17.7 Å². The number of hydrogen-bond acceptors (Lipinski definition) is 5. The van der Waals surface area contributed by atoms with Gasteiger partial charge >= 0.3 is 0 Å². The van der Waals surface area contributed by atoms with E-state index in [-0.39, 0.29) is 23.3 Å². The lowest BCUT2D eigenvalue weighted by atomic mass is 10.1. The summed E-state index contributed by atoms with van der Waals surface area (Å²) in [4.78, 5) is 38.6. The molecule has 0 spiro atoms. The molecule has 0 saturated carbocycles. The third kappa shape index (κ3) is 4.04. The van der Waals surface area contributed by atoms with Gasteiger partial charge in [0.15, 0.2) is 0 Å². The molecular weight excluding hydrogens is 360 g/mol. The quantitative estimate of drug-likeness (QED) is 0.559. The Morgan fingerprint density at radius 3 is 2.39 bits per heavy atom. The minimum Gasteiger partial charge on any atom is -0.497 e. The van der Waals surface area contributed by atoms with Gasteiger partial charge in [-0.3, -0.25) is 19.3 Å². The average Bonchev–Trinajstić information content (AvgIpc) is 2.96. The van der Waals surface area contributed by atoms with Crippen LogP contribution in [0.2, 0.25) is 0 Å². The van der Waals surface area contributed by atoms with Gasteiger partial charge in [-0.1, -0.05) is 12.1 Å². The maximum absolute atomic E-state index is 12.5. The Morgan fingerprint density at radius 2 is 1.71 bits per heavy atom. The highest BCUT2D eigenvalue weighted by Gasteiger charge is 2.35. The molecule has 28 heavy (non-hydrogen) atoms. The van der Waals surface area contributed by atoms with Gasteiger partial charge in [0.1, 0.15) is 5.75 Å². The maximum Gasteiger partial charge on any atom is 0.261 e. The SMILES string of the molecule is COCCCN1C(=O)c2ccc(C(=O)NCc3ccc(OC)cc3)cc2C1=O. The van der Waals surface area contributed by atoms with Crippen molar-refractivity contribution < 1.29 is 23.9 Å². The number of carbonyl (C=O) groups excluding carboxylic acids is 3. The Hall–Kier alpha value is -3.19. The number of rotatable bonds is 8. The van der Waals surface area contributed by atoms with Crippen LogP contribution in [0.15, 0.2) is 42.5 Å². The fraction of sp³-hybridized carbons (Fsp3) is 0.286. The van der Waals surface area contributed by atoms with Crippen molar-refractivity contribution in [3.05, 3.63) is 64.7 Å². The van der Waals surface area contributed by atoms with E-state index in [1.54, 1.807) is 20.3 Å². The van der Waals surface area contributed by atoms with E-state index in [4.69, 9.17) is 9.47 Å². The first-order valence-electron chi connectivity index (χ1n) is 8.95. The number of nitrogens with one attached hydrogen (secondary N) is 1. The largest absolute Gasteiger partial charge is 0.497 e. The van der Waals surface area contributed by atoms with E-state index in [1.807, 2.05) is 24.3 Å². The molecule has 1 aliphatic rings. The lowest BCUT2D eigenvalue weighted by Gasteiger charge is -2.12. The van der Waals surface area contributed by atoms with E-state index in [0.29, 0.717) is 37.2 Å². The van der Waals surface area contributed by atoms with Crippen LogP contribution in [-0.2, 0) is 11.3 Å². The summed E-state index contributed by atoms with van der Waals surface area (Å²) in [6.07, 6.45) is 0.567. The zero-order valence-electron chi connectivity index (χ0n) is 15.9. The van der Waals surface area contributed by atoms with E-state index < -0.39 is 0 Å². The third-order valence-corrected chi connectivity index (χ3v) is 4.58. The Morgan fingerprint density at radius 1 is 1.00 bits per heavy atom. The standard InChI is InChI=1S/C21H22N2O5/c1-27-11-3-10-23-20(25)17-9-6-15(12-18(17)21(23)26)19(24)22-13-14-4-7-16(28-2)8-5-14/h4-9,12H,3,10-11,13H2,1-2H3,(H,22,24). The second kappa shape index (κ2) is 8.67. The van der Waals surface area contributed by atoms with Gasteiger partial charge in [0, 0.05) is 32.4 Å². The highest BCUT2D eigenvalue weighted by atomic mass is 16.5. The summed E-state index contributed by atoms with van der Waals surface area (Å²) in [6.45, 7) is 1.10. The smallest absolute Gasteiger partial charge is 0.261 e. The second-order valence-corrected chi connectivity index (χ2v) is 6.40. The van der Waals surface area contributed by atoms with Crippen molar-refractivity contribution in [1.82, 2.24) is 10.2 Å². The molecule has 2 aromatic rings. The zero-order valence-corrected chi connectivity index (χ0v) is 15.9. The van der Waals surface area contributed by atoms with E-state index in [9.17, 15) is 14.4 Å². The number of methoxy groups -OCH3 is 2. The molecule has 0 fully saturated rings. The van der Waals surface area contributed by atoms with Gasteiger partial charge in [-0.25, -0.2) is 0 Å².